The van der Waals surface area contributed by atoms with E-state index in [1.54, 1.807) is 0 Å². The zero-order valence-corrected chi connectivity index (χ0v) is 17.2. The fourth-order valence-electron chi connectivity index (χ4n) is 4.59. The number of fused-ring (bicyclic) bond motifs is 1. The van der Waals surface area contributed by atoms with Gasteiger partial charge in [0.25, 0.3) is 0 Å². The van der Waals surface area contributed by atoms with E-state index in [2.05, 4.69) is 22.5 Å². The summed E-state index contributed by atoms with van der Waals surface area (Å²) in [5, 5.41) is 10.5. The van der Waals surface area contributed by atoms with E-state index in [4.69, 9.17) is 14.6 Å². The number of hydrogen-bond acceptors (Lipinski definition) is 6. The quantitative estimate of drug-likeness (QED) is 0.771. The molecule has 1 spiro atoms. The summed E-state index contributed by atoms with van der Waals surface area (Å²) < 4.78 is 5.86. The van der Waals surface area contributed by atoms with Crippen molar-refractivity contribution in [3.63, 3.8) is 0 Å². The highest BCUT2D eigenvalue weighted by Crippen LogP contribution is 2.31. The lowest BCUT2D eigenvalue weighted by Crippen LogP contribution is -2.47. The second kappa shape index (κ2) is 8.38. The average molecular weight is 408 g/mol. The molecule has 6 nitrogen and oxygen atoms in total. The van der Waals surface area contributed by atoms with Crippen LogP contribution in [0.15, 0.2) is 53.5 Å². The van der Waals surface area contributed by atoms with Gasteiger partial charge in [0, 0.05) is 38.0 Å². The molecule has 158 valence electrons. The number of rotatable bonds is 6. The highest BCUT2D eigenvalue weighted by atomic mass is 16.7. The fraction of sp³-hybridized carbons (Fsp3) is 0.458. The summed E-state index contributed by atoms with van der Waals surface area (Å²) in [7, 11) is 0. The Balaban J connectivity index is 1.10. The summed E-state index contributed by atoms with van der Waals surface area (Å²) in [6, 6.07) is 16.4. The van der Waals surface area contributed by atoms with E-state index in [0.29, 0.717) is 13.2 Å². The van der Waals surface area contributed by atoms with E-state index < -0.39 is 11.8 Å². The van der Waals surface area contributed by atoms with Gasteiger partial charge >= 0.3 is 0 Å². The number of aliphatic hydroxyl groups excluding tert-OH is 1. The standard InChI is InChI=1S/C24H29N3O3/c28-21(17-29-22-10-9-18-7-4-8-20(18)15-22)16-27-13-11-24(12-14-27)25-23(26-30-24)19-5-2-1-3-6-19/h1-3,5-6,9-10,15,21,28H,4,7-8,11-14,16-17H2,(H,25,26). The van der Waals surface area contributed by atoms with E-state index >= 15 is 0 Å². The van der Waals surface area contributed by atoms with Crippen LogP contribution in [0.5, 0.6) is 5.75 Å². The molecular weight excluding hydrogens is 378 g/mol. The number of nitrogens with zero attached hydrogens (tertiary/aromatic N) is 2. The van der Waals surface area contributed by atoms with Crippen molar-refractivity contribution in [1.29, 1.82) is 0 Å². The summed E-state index contributed by atoms with van der Waals surface area (Å²) in [5.74, 6) is 1.66. The highest BCUT2D eigenvalue weighted by molar-refractivity contribution is 5.99. The van der Waals surface area contributed by atoms with Gasteiger partial charge in [0.05, 0.1) is 0 Å². The minimum absolute atomic E-state index is 0.314. The van der Waals surface area contributed by atoms with E-state index in [0.717, 1.165) is 49.5 Å². The maximum absolute atomic E-state index is 10.5. The lowest BCUT2D eigenvalue weighted by molar-refractivity contribution is -0.0930. The van der Waals surface area contributed by atoms with Crippen molar-refractivity contribution in [2.45, 2.75) is 43.9 Å². The zero-order chi connectivity index (χ0) is 20.4. The molecule has 0 amide bonds. The molecule has 6 heteroatoms. The summed E-state index contributed by atoms with van der Waals surface area (Å²) in [6.45, 7) is 2.59. The maximum atomic E-state index is 10.5. The van der Waals surface area contributed by atoms with Crippen LogP contribution in [0.4, 0.5) is 0 Å². The zero-order valence-electron chi connectivity index (χ0n) is 17.2. The van der Waals surface area contributed by atoms with Crippen molar-refractivity contribution in [3.8, 4) is 5.75 Å². The van der Waals surface area contributed by atoms with Gasteiger partial charge in [-0.05, 0) is 42.5 Å². The number of benzene rings is 2. The smallest absolute Gasteiger partial charge is 0.190 e. The van der Waals surface area contributed by atoms with Crippen molar-refractivity contribution in [2.24, 2.45) is 4.99 Å². The Hall–Kier alpha value is -2.41. The fourth-order valence-corrected chi connectivity index (χ4v) is 4.59. The Morgan fingerprint density at radius 3 is 2.73 bits per heavy atom. The van der Waals surface area contributed by atoms with Gasteiger partial charge in [0.1, 0.15) is 18.5 Å². The first-order valence-corrected chi connectivity index (χ1v) is 10.9. The molecule has 1 atom stereocenters. The normalized spacial score (nSPS) is 21.2. The summed E-state index contributed by atoms with van der Waals surface area (Å²) in [6.07, 6.45) is 4.62. The van der Waals surface area contributed by atoms with Crippen LogP contribution in [0.3, 0.4) is 0 Å². The van der Waals surface area contributed by atoms with Crippen molar-refractivity contribution in [2.75, 3.05) is 26.2 Å². The molecule has 1 aliphatic carbocycles. The second-order valence-corrected chi connectivity index (χ2v) is 8.53. The molecule has 0 radical (unpaired) electrons. The molecule has 2 aromatic carbocycles. The first-order chi connectivity index (χ1) is 14.7. The van der Waals surface area contributed by atoms with Crippen molar-refractivity contribution < 1.29 is 14.7 Å². The Morgan fingerprint density at radius 2 is 1.90 bits per heavy atom. The van der Waals surface area contributed by atoms with Crippen LogP contribution in [0.1, 0.15) is 36.0 Å². The summed E-state index contributed by atoms with van der Waals surface area (Å²) in [4.78, 5) is 13.0. The molecule has 1 fully saturated rings. The van der Waals surface area contributed by atoms with Crippen LogP contribution in [0.2, 0.25) is 0 Å². The number of β-amino-alcohol motifs (C(OH)–C–C–N with tert-alkyl or cyclic N) is 1. The van der Waals surface area contributed by atoms with E-state index in [1.165, 1.54) is 24.0 Å². The molecule has 2 heterocycles. The van der Waals surface area contributed by atoms with Gasteiger partial charge in [-0.1, -0.05) is 36.4 Å². The molecule has 1 saturated heterocycles. The monoisotopic (exact) mass is 407 g/mol. The molecule has 30 heavy (non-hydrogen) atoms. The molecule has 1 unspecified atom stereocenters. The largest absolute Gasteiger partial charge is 0.491 e. The third-order valence-electron chi connectivity index (χ3n) is 6.32. The molecule has 0 bridgehead atoms. The van der Waals surface area contributed by atoms with Crippen LogP contribution >= 0.6 is 0 Å². The molecule has 0 aromatic heterocycles. The minimum Gasteiger partial charge on any atom is -0.491 e. The third-order valence-corrected chi connectivity index (χ3v) is 6.32. The SMILES string of the molecule is OC(COc1ccc2c(c1)CCC2)CN1CCC2(CC1)N=C(c1ccccc1)NO2. The molecule has 2 aliphatic heterocycles. The summed E-state index contributed by atoms with van der Waals surface area (Å²) in [5.41, 5.74) is 6.38. The van der Waals surface area contributed by atoms with E-state index in [1.807, 2.05) is 36.4 Å². The number of piperidine rings is 1. The van der Waals surface area contributed by atoms with Crippen LogP contribution < -0.4 is 10.2 Å². The lowest BCUT2D eigenvalue weighted by atomic mass is 10.0. The van der Waals surface area contributed by atoms with Crippen LogP contribution in [0.25, 0.3) is 0 Å². The van der Waals surface area contributed by atoms with Crippen LogP contribution in [-0.2, 0) is 17.7 Å². The summed E-state index contributed by atoms with van der Waals surface area (Å²) >= 11 is 0. The first-order valence-electron chi connectivity index (χ1n) is 10.9. The van der Waals surface area contributed by atoms with Crippen LogP contribution in [-0.4, -0.2) is 53.9 Å². The highest BCUT2D eigenvalue weighted by Gasteiger charge is 2.40. The topological polar surface area (TPSA) is 66.3 Å². The molecule has 2 N–H and O–H groups in total. The number of hydrogen-bond donors (Lipinski definition) is 2. The van der Waals surface area contributed by atoms with Gasteiger partial charge in [-0.3, -0.25) is 0 Å². The van der Waals surface area contributed by atoms with Gasteiger partial charge in [0.15, 0.2) is 11.6 Å². The Bertz CT molecular complexity index is 907. The first kappa shape index (κ1) is 19.5. The maximum Gasteiger partial charge on any atom is 0.190 e. The number of aliphatic imine (C=N–C) groups is 1. The molecule has 5 rings (SSSR count). The van der Waals surface area contributed by atoms with Crippen molar-refractivity contribution >= 4 is 5.84 Å². The number of ether oxygens (including phenoxy) is 1. The molecule has 0 saturated carbocycles. The number of likely N-dealkylation sites (tertiary alicyclic amines) is 1. The number of nitrogens with one attached hydrogen (secondary N) is 1. The number of aryl methyl sites for hydroxylation is 2. The Morgan fingerprint density at radius 1 is 1.10 bits per heavy atom. The van der Waals surface area contributed by atoms with Gasteiger partial charge in [-0.2, -0.15) is 0 Å². The van der Waals surface area contributed by atoms with E-state index in [9.17, 15) is 5.11 Å². The van der Waals surface area contributed by atoms with Crippen molar-refractivity contribution in [3.05, 3.63) is 65.2 Å². The van der Waals surface area contributed by atoms with Crippen molar-refractivity contribution in [1.82, 2.24) is 10.4 Å². The van der Waals surface area contributed by atoms with Gasteiger partial charge in [0.2, 0.25) is 0 Å². The molecular formula is C24H29N3O3. The Labute approximate surface area is 177 Å². The molecule has 3 aliphatic rings. The van der Waals surface area contributed by atoms with Gasteiger partial charge in [-0.25, -0.2) is 15.3 Å². The number of aliphatic hydroxyl groups is 1. The predicted molar refractivity (Wildman–Crippen MR) is 116 cm³/mol. The van der Waals surface area contributed by atoms with Gasteiger partial charge < -0.3 is 14.7 Å². The minimum atomic E-state index is -0.515. The number of hydroxylamine groups is 1. The molecule has 2 aromatic rings. The average Bonchev–Trinajstić information content (AvgIpc) is 3.42. The van der Waals surface area contributed by atoms with E-state index in [-0.39, 0.29) is 0 Å². The second-order valence-electron chi connectivity index (χ2n) is 8.53. The third kappa shape index (κ3) is 4.21. The number of amidine groups is 1. The predicted octanol–water partition coefficient (Wildman–Crippen LogP) is 2.69. The van der Waals surface area contributed by atoms with Gasteiger partial charge in [-0.15, -0.1) is 0 Å². The Kier molecular flexibility index (Phi) is 5.46. The van der Waals surface area contributed by atoms with Crippen LogP contribution in [0, 0.1) is 0 Å². The lowest BCUT2D eigenvalue weighted by Gasteiger charge is -2.36.